The van der Waals surface area contributed by atoms with Gasteiger partial charge in [-0.15, -0.1) is 12.4 Å². The van der Waals surface area contributed by atoms with Crippen LogP contribution in [-0.4, -0.2) is 31.1 Å². The molecule has 4 heteroatoms. The van der Waals surface area contributed by atoms with Crippen molar-refractivity contribution in [3.05, 3.63) is 35.6 Å². The summed E-state index contributed by atoms with van der Waals surface area (Å²) in [6.07, 6.45) is 1.24. The van der Waals surface area contributed by atoms with Crippen molar-refractivity contribution in [2.24, 2.45) is 5.41 Å². The number of nitrogens with zero attached hydrogens (tertiary/aromatic N) is 1. The minimum atomic E-state index is -0.161. The van der Waals surface area contributed by atoms with Crippen molar-refractivity contribution in [3.8, 4) is 0 Å². The van der Waals surface area contributed by atoms with Crippen molar-refractivity contribution < 1.29 is 4.39 Å². The molecule has 1 aliphatic rings. The molecule has 0 aromatic heterocycles. The van der Waals surface area contributed by atoms with E-state index < -0.39 is 0 Å². The summed E-state index contributed by atoms with van der Waals surface area (Å²) in [5.41, 5.74) is 1.56. The molecule has 1 aromatic carbocycles. The van der Waals surface area contributed by atoms with E-state index in [9.17, 15) is 4.39 Å². The van der Waals surface area contributed by atoms with Crippen molar-refractivity contribution in [3.63, 3.8) is 0 Å². The summed E-state index contributed by atoms with van der Waals surface area (Å²) in [6.45, 7) is 11.1. The predicted octanol–water partition coefficient (Wildman–Crippen LogP) is 3.63. The molecular formula is C16H26ClFN2. The second-order valence-corrected chi connectivity index (χ2v) is 6.03. The van der Waals surface area contributed by atoms with Crippen LogP contribution in [0.5, 0.6) is 0 Å². The highest BCUT2D eigenvalue weighted by Gasteiger charge is 2.31. The molecule has 1 fully saturated rings. The maximum atomic E-state index is 13.0. The number of hydrogen-bond donors (Lipinski definition) is 1. The molecule has 1 saturated heterocycles. The molecule has 0 spiro atoms. The second-order valence-electron chi connectivity index (χ2n) is 6.03. The number of rotatable bonds is 5. The molecule has 0 aliphatic carbocycles. The van der Waals surface area contributed by atoms with Crippen LogP contribution >= 0.6 is 12.4 Å². The molecule has 2 unspecified atom stereocenters. The van der Waals surface area contributed by atoms with Gasteiger partial charge in [0.2, 0.25) is 0 Å². The summed E-state index contributed by atoms with van der Waals surface area (Å²) in [4.78, 5) is 2.49. The maximum Gasteiger partial charge on any atom is 0.123 e. The van der Waals surface area contributed by atoms with Gasteiger partial charge < -0.3 is 5.32 Å². The van der Waals surface area contributed by atoms with E-state index in [1.165, 1.54) is 12.0 Å². The lowest BCUT2D eigenvalue weighted by molar-refractivity contribution is 0.143. The molecule has 0 bridgehead atoms. The lowest BCUT2D eigenvalue weighted by atomic mass is 9.88. The van der Waals surface area contributed by atoms with E-state index in [0.717, 1.165) is 26.2 Å². The highest BCUT2D eigenvalue weighted by atomic mass is 35.5. The molecular weight excluding hydrogens is 275 g/mol. The first-order chi connectivity index (χ1) is 9.04. The summed E-state index contributed by atoms with van der Waals surface area (Å²) < 4.78 is 13.0. The van der Waals surface area contributed by atoms with Gasteiger partial charge in [0.05, 0.1) is 0 Å². The summed E-state index contributed by atoms with van der Waals surface area (Å²) in [7, 11) is 0. The maximum absolute atomic E-state index is 13.0. The molecule has 1 aromatic rings. The topological polar surface area (TPSA) is 15.3 Å². The third kappa shape index (κ3) is 4.18. The van der Waals surface area contributed by atoms with E-state index in [1.54, 1.807) is 12.1 Å². The Labute approximate surface area is 128 Å². The number of halogens is 2. The molecule has 0 radical (unpaired) electrons. The zero-order chi connectivity index (χ0) is 13.9. The Balaban J connectivity index is 0.00000200. The Morgan fingerprint density at radius 1 is 1.35 bits per heavy atom. The van der Waals surface area contributed by atoms with Crippen LogP contribution < -0.4 is 5.32 Å². The van der Waals surface area contributed by atoms with Gasteiger partial charge in [-0.25, -0.2) is 4.39 Å². The van der Waals surface area contributed by atoms with Crippen LogP contribution in [0.25, 0.3) is 0 Å². The molecule has 0 amide bonds. The molecule has 114 valence electrons. The van der Waals surface area contributed by atoms with Gasteiger partial charge in [0.25, 0.3) is 0 Å². The van der Waals surface area contributed by atoms with Gasteiger partial charge in [0.1, 0.15) is 5.82 Å². The largest absolute Gasteiger partial charge is 0.316 e. The fourth-order valence-electron chi connectivity index (χ4n) is 2.97. The zero-order valence-electron chi connectivity index (χ0n) is 12.7. The fraction of sp³-hybridized carbons (Fsp3) is 0.625. The van der Waals surface area contributed by atoms with Crippen LogP contribution in [0.1, 0.15) is 38.8 Å². The predicted molar refractivity (Wildman–Crippen MR) is 84.9 cm³/mol. The average Bonchev–Trinajstić information content (AvgIpc) is 2.83. The first-order valence-electron chi connectivity index (χ1n) is 7.24. The van der Waals surface area contributed by atoms with Crippen molar-refractivity contribution in [1.29, 1.82) is 0 Å². The molecule has 2 rings (SSSR count). The van der Waals surface area contributed by atoms with Crippen LogP contribution in [0.2, 0.25) is 0 Å². The van der Waals surface area contributed by atoms with Gasteiger partial charge in [-0.05, 0) is 49.5 Å². The van der Waals surface area contributed by atoms with Crippen molar-refractivity contribution in [1.82, 2.24) is 10.2 Å². The van der Waals surface area contributed by atoms with Crippen LogP contribution in [0.3, 0.4) is 0 Å². The van der Waals surface area contributed by atoms with Gasteiger partial charge >= 0.3 is 0 Å². The Morgan fingerprint density at radius 2 is 2.00 bits per heavy atom. The van der Waals surface area contributed by atoms with E-state index in [0.29, 0.717) is 11.5 Å². The quantitative estimate of drug-likeness (QED) is 0.893. The molecule has 20 heavy (non-hydrogen) atoms. The third-order valence-corrected chi connectivity index (χ3v) is 4.35. The van der Waals surface area contributed by atoms with Crippen LogP contribution in [0, 0.1) is 11.2 Å². The van der Waals surface area contributed by atoms with E-state index in [2.05, 4.69) is 31.0 Å². The summed E-state index contributed by atoms with van der Waals surface area (Å²) in [5.74, 6) is -0.161. The van der Waals surface area contributed by atoms with Gasteiger partial charge in [0.15, 0.2) is 0 Å². The summed E-state index contributed by atoms with van der Waals surface area (Å²) in [5, 5.41) is 3.45. The van der Waals surface area contributed by atoms with Crippen molar-refractivity contribution in [2.45, 2.75) is 33.2 Å². The smallest absolute Gasteiger partial charge is 0.123 e. The van der Waals surface area contributed by atoms with Crippen LogP contribution in [0.4, 0.5) is 4.39 Å². The van der Waals surface area contributed by atoms with Gasteiger partial charge in [-0.1, -0.05) is 26.0 Å². The Hall–Kier alpha value is -0.640. The Bertz CT molecular complexity index is 401. The number of hydrogen-bond acceptors (Lipinski definition) is 2. The zero-order valence-corrected chi connectivity index (χ0v) is 13.5. The lowest BCUT2D eigenvalue weighted by Gasteiger charge is -2.35. The van der Waals surface area contributed by atoms with E-state index in [4.69, 9.17) is 0 Å². The first kappa shape index (κ1) is 17.4. The van der Waals surface area contributed by atoms with Gasteiger partial charge in [-0.2, -0.15) is 0 Å². The van der Waals surface area contributed by atoms with Crippen molar-refractivity contribution in [2.75, 3.05) is 26.2 Å². The molecule has 0 saturated carbocycles. The normalized spacial score (nSPS) is 23.6. The summed E-state index contributed by atoms with van der Waals surface area (Å²) >= 11 is 0. The highest BCUT2D eigenvalue weighted by Crippen LogP contribution is 2.30. The minimum Gasteiger partial charge on any atom is -0.316 e. The second kappa shape index (κ2) is 7.39. The molecule has 1 N–H and O–H groups in total. The average molecular weight is 301 g/mol. The summed E-state index contributed by atoms with van der Waals surface area (Å²) in [6, 6.07) is 7.25. The van der Waals surface area contributed by atoms with Crippen molar-refractivity contribution >= 4 is 12.4 Å². The first-order valence-corrected chi connectivity index (χ1v) is 7.24. The molecule has 2 atom stereocenters. The SMILES string of the molecule is CCN(CC1(C)CCNC1)C(C)c1ccc(F)cc1.Cl. The van der Waals surface area contributed by atoms with Gasteiger partial charge in [0, 0.05) is 19.1 Å². The van der Waals surface area contributed by atoms with E-state index in [-0.39, 0.29) is 18.2 Å². The van der Waals surface area contributed by atoms with Crippen LogP contribution in [0.15, 0.2) is 24.3 Å². The lowest BCUT2D eigenvalue weighted by Crippen LogP contribution is -2.38. The van der Waals surface area contributed by atoms with E-state index >= 15 is 0 Å². The minimum absolute atomic E-state index is 0. The standard InChI is InChI=1S/C16H25FN2.ClH/c1-4-19(12-16(3)9-10-18-11-16)13(2)14-5-7-15(17)8-6-14;/h5-8,13,18H,4,9-12H2,1-3H3;1H. The van der Waals surface area contributed by atoms with Crippen LogP contribution in [-0.2, 0) is 0 Å². The molecule has 2 nitrogen and oxygen atoms in total. The number of benzene rings is 1. The third-order valence-electron chi connectivity index (χ3n) is 4.35. The van der Waals surface area contributed by atoms with E-state index in [1.807, 2.05) is 12.1 Å². The molecule has 1 aliphatic heterocycles. The fourth-order valence-corrected chi connectivity index (χ4v) is 2.97. The number of nitrogens with one attached hydrogen (secondary N) is 1. The Kier molecular flexibility index (Phi) is 6.44. The highest BCUT2D eigenvalue weighted by molar-refractivity contribution is 5.85. The molecule has 1 heterocycles. The van der Waals surface area contributed by atoms with Gasteiger partial charge in [-0.3, -0.25) is 4.90 Å². The monoisotopic (exact) mass is 300 g/mol. The Morgan fingerprint density at radius 3 is 2.50 bits per heavy atom.